The number of thioether (sulfide) groups is 1. The summed E-state index contributed by atoms with van der Waals surface area (Å²) in [6.07, 6.45) is 9.00. The largest absolute Gasteiger partial charge is 0.507 e. The van der Waals surface area contributed by atoms with Crippen LogP contribution >= 0.6 is 24.0 Å². The van der Waals surface area contributed by atoms with Crippen molar-refractivity contribution in [1.29, 1.82) is 0 Å². The lowest BCUT2D eigenvalue weighted by molar-refractivity contribution is -0.116. The molecule has 0 heterocycles. The zero-order valence-corrected chi connectivity index (χ0v) is 21.0. The summed E-state index contributed by atoms with van der Waals surface area (Å²) >= 11 is 6.68. The second-order valence-electron chi connectivity index (χ2n) is 8.55. The summed E-state index contributed by atoms with van der Waals surface area (Å²) in [6.45, 7) is 12.4. The molecule has 1 aliphatic rings. The van der Waals surface area contributed by atoms with E-state index in [1.165, 1.54) is 17.3 Å². The predicted octanol–water partition coefficient (Wildman–Crippen LogP) is 7.52. The molecule has 0 bridgehead atoms. The lowest BCUT2D eigenvalue weighted by Crippen LogP contribution is -2.18. The lowest BCUT2D eigenvalue weighted by Gasteiger charge is -2.32. The Morgan fingerprint density at radius 1 is 1.32 bits per heavy atom. The Labute approximate surface area is 197 Å². The van der Waals surface area contributed by atoms with Gasteiger partial charge in [-0.3, -0.25) is 4.79 Å². The Balaban J connectivity index is 2.42. The molecule has 31 heavy (non-hydrogen) atoms. The number of ether oxygens (including phenoxy) is 1. The molecule has 1 aromatic rings. The Kier molecular flexibility index (Phi) is 10.3. The van der Waals surface area contributed by atoms with Crippen LogP contribution in [0.3, 0.4) is 0 Å². The molecule has 0 saturated heterocycles. The third-order valence-corrected chi connectivity index (χ3v) is 7.12. The highest BCUT2D eigenvalue weighted by atomic mass is 32.2. The highest BCUT2D eigenvalue weighted by Gasteiger charge is 2.31. The molecule has 0 unspecified atom stereocenters. The number of Topliss-reactive ketones (excluding diaryl/α,β-unsaturated/α-hetero) is 1. The van der Waals surface area contributed by atoms with E-state index >= 15 is 0 Å². The molecule has 0 aliphatic heterocycles. The van der Waals surface area contributed by atoms with Gasteiger partial charge in [0.2, 0.25) is 4.38 Å². The van der Waals surface area contributed by atoms with E-state index < -0.39 is 0 Å². The van der Waals surface area contributed by atoms with Crippen LogP contribution in [0.25, 0.3) is 0 Å². The fourth-order valence-corrected chi connectivity index (χ4v) is 4.98. The first-order valence-electron chi connectivity index (χ1n) is 11.3. The van der Waals surface area contributed by atoms with Crippen molar-refractivity contribution < 1.29 is 14.6 Å². The van der Waals surface area contributed by atoms with Crippen molar-refractivity contribution in [3.05, 3.63) is 47.1 Å². The number of carbonyl (C=O) groups excluding carboxylic acids is 1. The maximum atomic E-state index is 11.7. The number of benzene rings is 1. The summed E-state index contributed by atoms with van der Waals surface area (Å²) in [6, 6.07) is 3.90. The fourth-order valence-electron chi connectivity index (χ4n) is 4.08. The first kappa shape index (κ1) is 25.7. The third-order valence-electron chi connectivity index (χ3n) is 5.90. The third kappa shape index (κ3) is 7.50. The molecule has 2 rings (SSSR count). The quantitative estimate of drug-likeness (QED) is 0.222. The van der Waals surface area contributed by atoms with E-state index in [1.807, 2.05) is 19.1 Å². The average Bonchev–Trinajstić information content (AvgIpc) is 2.71. The zero-order valence-electron chi connectivity index (χ0n) is 19.3. The summed E-state index contributed by atoms with van der Waals surface area (Å²) in [7, 11) is 0. The first-order valence-corrected chi connectivity index (χ1v) is 12.7. The number of phenols is 1. The van der Waals surface area contributed by atoms with Crippen molar-refractivity contribution in [2.24, 2.45) is 5.92 Å². The molecular weight excluding hydrogens is 424 g/mol. The molecule has 0 radical (unpaired) electrons. The normalized spacial score (nSPS) is 18.4. The van der Waals surface area contributed by atoms with Gasteiger partial charge in [0.25, 0.3) is 0 Å². The molecule has 0 aromatic heterocycles. The maximum Gasteiger partial charge on any atom is 0.226 e. The number of allylic oxidation sites excluding steroid dienone is 3. The van der Waals surface area contributed by atoms with Crippen molar-refractivity contribution in [1.82, 2.24) is 0 Å². The Bertz CT molecular complexity index is 841. The van der Waals surface area contributed by atoms with Gasteiger partial charge >= 0.3 is 0 Å². The van der Waals surface area contributed by atoms with Crippen LogP contribution in [-0.2, 0) is 11.2 Å². The minimum Gasteiger partial charge on any atom is -0.507 e. The molecule has 0 fully saturated rings. The smallest absolute Gasteiger partial charge is 0.226 e. The predicted molar refractivity (Wildman–Crippen MR) is 136 cm³/mol. The molecule has 170 valence electrons. The minimum atomic E-state index is -0.00369. The molecule has 0 spiro atoms. The molecule has 1 aromatic carbocycles. The number of phenolic OH excluding ortho intramolecular Hbond substituents is 1. The molecule has 0 saturated carbocycles. The van der Waals surface area contributed by atoms with Crippen LogP contribution in [0.1, 0.15) is 83.3 Å². The topological polar surface area (TPSA) is 46.5 Å². The van der Waals surface area contributed by atoms with E-state index in [4.69, 9.17) is 17.0 Å². The van der Waals surface area contributed by atoms with Gasteiger partial charge in [0.15, 0.2) is 0 Å². The molecule has 1 N–H and O–H groups in total. The van der Waals surface area contributed by atoms with Crippen LogP contribution in [0.15, 0.2) is 35.9 Å². The number of unbranched alkanes of at least 4 members (excludes halogenated alkanes) is 2. The highest BCUT2D eigenvalue weighted by Crippen LogP contribution is 2.47. The highest BCUT2D eigenvalue weighted by molar-refractivity contribution is 8.23. The van der Waals surface area contributed by atoms with Gasteiger partial charge < -0.3 is 9.84 Å². The number of aromatic hydroxyl groups is 1. The van der Waals surface area contributed by atoms with Crippen LogP contribution in [-0.4, -0.2) is 21.0 Å². The van der Waals surface area contributed by atoms with Crippen molar-refractivity contribution in [2.45, 2.75) is 78.6 Å². The van der Waals surface area contributed by atoms with Gasteiger partial charge in [0, 0.05) is 17.9 Å². The molecule has 5 heteroatoms. The molecule has 1 aliphatic carbocycles. The number of aryl methyl sites for hydroxylation is 1. The van der Waals surface area contributed by atoms with Crippen molar-refractivity contribution in [3.8, 4) is 11.5 Å². The van der Waals surface area contributed by atoms with Crippen molar-refractivity contribution >= 4 is 34.1 Å². The number of hydrogen-bond acceptors (Lipinski definition) is 5. The van der Waals surface area contributed by atoms with Gasteiger partial charge in [-0.15, -0.1) is 0 Å². The standard InChI is InChI=1S/C26H36O3S2/c1-6-8-9-10-19-14-23(28)25(22-13-18(5)11-12-21(22)17(3)4)24(15-19)29-26(30)31-16-20(27)7-2/h13-15,21-22,28H,3,6-12,16H2,1-2,4-5H3/t21-,22+/m0/s1. The Hall–Kier alpha value is -1.59. The maximum absolute atomic E-state index is 11.7. The van der Waals surface area contributed by atoms with Crippen molar-refractivity contribution in [2.75, 3.05) is 5.75 Å². The van der Waals surface area contributed by atoms with E-state index in [2.05, 4.69) is 33.4 Å². The van der Waals surface area contributed by atoms with E-state index in [-0.39, 0.29) is 23.4 Å². The van der Waals surface area contributed by atoms with Crippen LogP contribution in [0.5, 0.6) is 11.5 Å². The average molecular weight is 461 g/mol. The fraction of sp³-hybridized carbons (Fsp3) is 0.538. The van der Waals surface area contributed by atoms with Crippen LogP contribution in [0, 0.1) is 5.92 Å². The van der Waals surface area contributed by atoms with Gasteiger partial charge in [-0.25, -0.2) is 0 Å². The Morgan fingerprint density at radius 2 is 2.06 bits per heavy atom. The number of thiocarbonyl (C=S) groups is 1. The summed E-state index contributed by atoms with van der Waals surface area (Å²) in [4.78, 5) is 11.7. The van der Waals surface area contributed by atoms with E-state index in [9.17, 15) is 9.90 Å². The zero-order chi connectivity index (χ0) is 23.0. The SMILES string of the molecule is C=C(C)[C@@H]1CCC(C)=C[C@H]1c1c(O)cc(CCCCC)cc1OC(=S)SCC(=O)CC. The van der Waals surface area contributed by atoms with E-state index in [1.54, 1.807) is 0 Å². The van der Waals surface area contributed by atoms with Gasteiger partial charge in [-0.05, 0) is 75.4 Å². The Morgan fingerprint density at radius 3 is 2.71 bits per heavy atom. The van der Waals surface area contributed by atoms with Crippen LogP contribution < -0.4 is 4.74 Å². The van der Waals surface area contributed by atoms with E-state index in [0.29, 0.717) is 22.3 Å². The second-order valence-corrected chi connectivity index (χ2v) is 10.1. The van der Waals surface area contributed by atoms with Crippen LogP contribution in [0.4, 0.5) is 0 Å². The monoisotopic (exact) mass is 460 g/mol. The van der Waals surface area contributed by atoms with Crippen molar-refractivity contribution in [3.63, 3.8) is 0 Å². The van der Waals surface area contributed by atoms with Gasteiger partial charge in [-0.2, -0.15) is 0 Å². The van der Waals surface area contributed by atoms with Crippen LogP contribution in [0.2, 0.25) is 0 Å². The van der Waals surface area contributed by atoms with Gasteiger partial charge in [0.05, 0.1) is 5.75 Å². The number of hydrogen-bond donors (Lipinski definition) is 1. The number of rotatable bonds is 10. The molecular formula is C26H36O3S2. The first-order chi connectivity index (χ1) is 14.8. The molecule has 2 atom stereocenters. The summed E-state index contributed by atoms with van der Waals surface area (Å²) in [5.41, 5.74) is 4.24. The van der Waals surface area contributed by atoms with Gasteiger partial charge in [-0.1, -0.05) is 62.3 Å². The van der Waals surface area contributed by atoms with E-state index in [0.717, 1.165) is 55.2 Å². The molecule has 0 amide bonds. The van der Waals surface area contributed by atoms with Gasteiger partial charge in [0.1, 0.15) is 17.3 Å². The summed E-state index contributed by atoms with van der Waals surface area (Å²) in [5, 5.41) is 11.1. The summed E-state index contributed by atoms with van der Waals surface area (Å²) < 4.78 is 6.42. The second kappa shape index (κ2) is 12.4. The minimum absolute atomic E-state index is 0.00369. The molecule has 3 nitrogen and oxygen atoms in total. The number of ketones is 1. The summed E-state index contributed by atoms with van der Waals surface area (Å²) in [5.74, 6) is 1.55. The lowest BCUT2D eigenvalue weighted by atomic mass is 9.73. The number of carbonyl (C=O) groups is 1.